The number of ether oxygens (including phenoxy) is 1. The van der Waals surface area contributed by atoms with Crippen LogP contribution in [0.5, 0.6) is 0 Å². The summed E-state index contributed by atoms with van der Waals surface area (Å²) in [4.78, 5) is 14.4. The van der Waals surface area contributed by atoms with Crippen molar-refractivity contribution in [2.45, 2.75) is 32.5 Å². The molecule has 0 spiro atoms. The molecule has 1 fully saturated rings. The first-order chi connectivity index (χ1) is 8.78. The number of nitrogens with zero attached hydrogens (tertiary/aromatic N) is 1. The zero-order valence-corrected chi connectivity index (χ0v) is 13.0. The Morgan fingerprint density at radius 2 is 2.21 bits per heavy atom. The summed E-state index contributed by atoms with van der Waals surface area (Å²) in [5, 5.41) is 0. The molecule has 0 radical (unpaired) electrons. The molecule has 0 aromatic heterocycles. The molecule has 1 aliphatic heterocycles. The Hall–Kier alpha value is -1.07. The van der Waals surface area contributed by atoms with E-state index in [4.69, 9.17) is 10.5 Å². The second kappa shape index (κ2) is 5.13. The van der Waals surface area contributed by atoms with Gasteiger partial charge in [-0.2, -0.15) is 0 Å². The number of carbonyl (C=O) groups excluding carboxylic acids is 1. The first-order valence-electron chi connectivity index (χ1n) is 6.30. The number of nitrogen functional groups attached to an aromatic ring is 1. The predicted molar refractivity (Wildman–Crippen MR) is 79.1 cm³/mol. The predicted octanol–water partition coefficient (Wildman–Crippen LogP) is 2.67. The van der Waals surface area contributed by atoms with Crippen molar-refractivity contribution in [3.8, 4) is 0 Å². The molecule has 5 heteroatoms. The van der Waals surface area contributed by atoms with Crippen molar-refractivity contribution in [1.29, 1.82) is 0 Å². The third-order valence-corrected chi connectivity index (χ3v) is 3.60. The number of benzene rings is 1. The van der Waals surface area contributed by atoms with Crippen LogP contribution >= 0.6 is 15.9 Å². The fourth-order valence-electron chi connectivity index (χ4n) is 2.49. The van der Waals surface area contributed by atoms with E-state index in [2.05, 4.69) is 15.9 Å². The van der Waals surface area contributed by atoms with Crippen LogP contribution in [-0.2, 0) is 4.74 Å². The van der Waals surface area contributed by atoms with Crippen molar-refractivity contribution in [3.05, 3.63) is 28.2 Å². The molecule has 1 unspecified atom stereocenters. The average Bonchev–Trinajstić information content (AvgIpc) is 2.29. The summed E-state index contributed by atoms with van der Waals surface area (Å²) >= 11 is 3.37. The molecule has 1 heterocycles. The maximum Gasteiger partial charge on any atom is 0.256 e. The van der Waals surface area contributed by atoms with E-state index in [1.807, 2.05) is 31.7 Å². The summed E-state index contributed by atoms with van der Waals surface area (Å²) in [5.74, 6) is -0.0398. The number of amides is 1. The van der Waals surface area contributed by atoms with Crippen LogP contribution in [0.15, 0.2) is 22.7 Å². The SMILES string of the molecule is CC1CN(C(=O)c2cc(Br)ccc2N)CC(C)(C)O1. The van der Waals surface area contributed by atoms with Crippen LogP contribution in [0.4, 0.5) is 5.69 Å². The molecule has 1 aliphatic rings. The zero-order chi connectivity index (χ0) is 14.2. The van der Waals surface area contributed by atoms with Crippen molar-refractivity contribution < 1.29 is 9.53 Å². The molecule has 0 bridgehead atoms. The second-order valence-electron chi connectivity index (χ2n) is 5.61. The van der Waals surface area contributed by atoms with Crippen molar-refractivity contribution >= 4 is 27.5 Å². The number of anilines is 1. The Balaban J connectivity index is 2.26. The van der Waals surface area contributed by atoms with E-state index in [0.717, 1.165) is 4.47 Å². The van der Waals surface area contributed by atoms with Gasteiger partial charge in [0.05, 0.1) is 17.3 Å². The Kier molecular flexibility index (Phi) is 3.87. The molecular weight excluding hydrogens is 308 g/mol. The lowest BCUT2D eigenvalue weighted by atomic mass is 10.0. The van der Waals surface area contributed by atoms with Gasteiger partial charge in [-0.1, -0.05) is 15.9 Å². The first kappa shape index (κ1) is 14.3. The minimum atomic E-state index is -0.325. The summed E-state index contributed by atoms with van der Waals surface area (Å²) in [6.45, 7) is 7.13. The van der Waals surface area contributed by atoms with Gasteiger partial charge in [-0.25, -0.2) is 0 Å². The van der Waals surface area contributed by atoms with E-state index in [-0.39, 0.29) is 17.6 Å². The Labute approximate surface area is 122 Å². The number of hydrogen-bond acceptors (Lipinski definition) is 3. The lowest BCUT2D eigenvalue weighted by Gasteiger charge is -2.41. The number of morpholine rings is 1. The van der Waals surface area contributed by atoms with E-state index in [1.54, 1.807) is 12.1 Å². The molecule has 1 saturated heterocycles. The highest BCUT2D eigenvalue weighted by molar-refractivity contribution is 9.10. The molecule has 2 N–H and O–H groups in total. The van der Waals surface area contributed by atoms with Crippen LogP contribution in [0.2, 0.25) is 0 Å². The van der Waals surface area contributed by atoms with Crippen LogP contribution < -0.4 is 5.73 Å². The molecular formula is C14H19BrN2O2. The fraction of sp³-hybridized carbons (Fsp3) is 0.500. The molecule has 104 valence electrons. The number of halogens is 1. The smallest absolute Gasteiger partial charge is 0.256 e. The van der Waals surface area contributed by atoms with Crippen LogP contribution in [-0.4, -0.2) is 35.6 Å². The van der Waals surface area contributed by atoms with Gasteiger partial charge in [-0.3, -0.25) is 4.79 Å². The Morgan fingerprint density at radius 1 is 1.53 bits per heavy atom. The van der Waals surface area contributed by atoms with Crippen molar-refractivity contribution in [1.82, 2.24) is 4.90 Å². The summed E-state index contributed by atoms with van der Waals surface area (Å²) in [6.07, 6.45) is 0.0288. The monoisotopic (exact) mass is 326 g/mol. The quantitative estimate of drug-likeness (QED) is 0.807. The molecule has 1 aromatic carbocycles. The average molecular weight is 327 g/mol. The van der Waals surface area contributed by atoms with Gasteiger partial charge in [0.25, 0.3) is 5.91 Å². The zero-order valence-electron chi connectivity index (χ0n) is 11.4. The molecule has 1 aromatic rings. The van der Waals surface area contributed by atoms with E-state index >= 15 is 0 Å². The highest BCUT2D eigenvalue weighted by Gasteiger charge is 2.34. The standard InChI is InChI=1S/C14H19BrN2O2/c1-9-7-17(8-14(2,3)19-9)13(18)11-6-10(15)4-5-12(11)16/h4-6,9H,7-8,16H2,1-3H3. The molecule has 0 saturated carbocycles. The van der Waals surface area contributed by atoms with Crippen molar-refractivity contribution in [2.75, 3.05) is 18.8 Å². The largest absolute Gasteiger partial charge is 0.398 e. The van der Waals surface area contributed by atoms with Crippen LogP contribution in [0.3, 0.4) is 0 Å². The summed E-state index contributed by atoms with van der Waals surface area (Å²) < 4.78 is 6.66. The summed E-state index contributed by atoms with van der Waals surface area (Å²) in [6, 6.07) is 5.34. The molecule has 0 aliphatic carbocycles. The maximum atomic E-state index is 12.6. The number of nitrogens with two attached hydrogens (primary N) is 1. The lowest BCUT2D eigenvalue weighted by Crippen LogP contribution is -2.53. The van der Waals surface area contributed by atoms with Gasteiger partial charge in [0, 0.05) is 23.2 Å². The molecule has 19 heavy (non-hydrogen) atoms. The van der Waals surface area contributed by atoms with Crippen molar-refractivity contribution in [2.24, 2.45) is 0 Å². The number of rotatable bonds is 1. The lowest BCUT2D eigenvalue weighted by molar-refractivity contribution is -0.118. The summed E-state index contributed by atoms with van der Waals surface area (Å²) in [7, 11) is 0. The Morgan fingerprint density at radius 3 is 2.84 bits per heavy atom. The highest BCUT2D eigenvalue weighted by Crippen LogP contribution is 2.25. The molecule has 4 nitrogen and oxygen atoms in total. The minimum Gasteiger partial charge on any atom is -0.398 e. The highest BCUT2D eigenvalue weighted by atomic mass is 79.9. The van der Waals surface area contributed by atoms with Gasteiger partial charge in [-0.15, -0.1) is 0 Å². The Bertz CT molecular complexity index is 502. The van der Waals surface area contributed by atoms with Crippen molar-refractivity contribution in [3.63, 3.8) is 0 Å². The van der Waals surface area contributed by atoms with E-state index in [9.17, 15) is 4.79 Å². The van der Waals surface area contributed by atoms with Gasteiger partial charge >= 0.3 is 0 Å². The van der Waals surface area contributed by atoms with Crippen LogP contribution in [0.25, 0.3) is 0 Å². The minimum absolute atomic E-state index is 0.0288. The molecule has 2 rings (SSSR count). The second-order valence-corrected chi connectivity index (χ2v) is 6.52. The first-order valence-corrected chi connectivity index (χ1v) is 7.10. The van der Waals surface area contributed by atoms with Crippen LogP contribution in [0, 0.1) is 0 Å². The van der Waals surface area contributed by atoms with Gasteiger partial charge in [0.1, 0.15) is 0 Å². The fourth-order valence-corrected chi connectivity index (χ4v) is 2.85. The maximum absolute atomic E-state index is 12.6. The van der Waals surface area contributed by atoms with Gasteiger partial charge < -0.3 is 15.4 Å². The van der Waals surface area contributed by atoms with Gasteiger partial charge in [0.15, 0.2) is 0 Å². The van der Waals surface area contributed by atoms with E-state index in [1.165, 1.54) is 0 Å². The van der Waals surface area contributed by atoms with Crippen LogP contribution in [0.1, 0.15) is 31.1 Å². The topological polar surface area (TPSA) is 55.6 Å². The third-order valence-electron chi connectivity index (χ3n) is 3.10. The van der Waals surface area contributed by atoms with Gasteiger partial charge in [0.2, 0.25) is 0 Å². The summed E-state index contributed by atoms with van der Waals surface area (Å²) in [5.41, 5.74) is 6.62. The van der Waals surface area contributed by atoms with Gasteiger partial charge in [-0.05, 0) is 39.0 Å². The number of hydrogen-bond donors (Lipinski definition) is 1. The molecule has 1 atom stereocenters. The van der Waals surface area contributed by atoms with E-state index in [0.29, 0.717) is 24.3 Å². The molecule has 1 amide bonds. The third kappa shape index (κ3) is 3.28. The van der Waals surface area contributed by atoms with E-state index < -0.39 is 0 Å². The normalized spacial score (nSPS) is 22.3. The number of carbonyl (C=O) groups is 1.